The molecule has 0 saturated heterocycles. The van der Waals surface area contributed by atoms with Crippen LogP contribution in [0.2, 0.25) is 0 Å². The Hall–Kier alpha value is -0.600. The molecule has 154 valence electrons. The van der Waals surface area contributed by atoms with Crippen molar-refractivity contribution in [3.63, 3.8) is 0 Å². The van der Waals surface area contributed by atoms with Crippen LogP contribution in [0.5, 0.6) is 0 Å². The molecule has 2 nitrogen and oxygen atoms in total. The van der Waals surface area contributed by atoms with Crippen LogP contribution < -0.4 is 0 Å². The Labute approximate surface area is 165 Å². The van der Waals surface area contributed by atoms with E-state index in [4.69, 9.17) is 0 Å². The first-order chi connectivity index (χ1) is 12.7. The molecule has 0 bridgehead atoms. The van der Waals surface area contributed by atoms with Crippen molar-refractivity contribution in [2.24, 2.45) is 0 Å². The van der Waals surface area contributed by atoms with E-state index >= 15 is 0 Å². The Balaban J connectivity index is 4.39. The van der Waals surface area contributed by atoms with E-state index in [1.165, 1.54) is 64.5 Å². The summed E-state index contributed by atoms with van der Waals surface area (Å²) < 4.78 is 0. The van der Waals surface area contributed by atoms with Crippen LogP contribution >= 0.6 is 0 Å². The average molecular weight is 365 g/mol. The summed E-state index contributed by atoms with van der Waals surface area (Å²) in [7, 11) is 0. The van der Waals surface area contributed by atoms with Crippen LogP contribution in [0, 0.1) is 0 Å². The molecule has 0 aromatic carbocycles. The fourth-order valence-electron chi connectivity index (χ4n) is 3.54. The third-order valence-electron chi connectivity index (χ3n) is 5.26. The summed E-state index contributed by atoms with van der Waals surface area (Å²) in [6.07, 6.45) is 21.4. The molecule has 0 radical (unpaired) electrons. The van der Waals surface area contributed by atoms with Crippen LogP contribution in [0.15, 0.2) is 24.3 Å². The summed E-state index contributed by atoms with van der Waals surface area (Å²) in [5.74, 6) is 0. The molecule has 0 aliphatic rings. The van der Waals surface area contributed by atoms with E-state index in [9.17, 15) is 0 Å². The van der Waals surface area contributed by atoms with E-state index < -0.39 is 0 Å². The van der Waals surface area contributed by atoms with E-state index in [0.29, 0.717) is 6.04 Å². The lowest BCUT2D eigenvalue weighted by Crippen LogP contribution is -2.33. The van der Waals surface area contributed by atoms with Crippen LogP contribution in [0.1, 0.15) is 92.4 Å². The summed E-state index contributed by atoms with van der Waals surface area (Å²) in [6, 6.07) is 0.550. The predicted octanol–water partition coefficient (Wildman–Crippen LogP) is 6.68. The van der Waals surface area contributed by atoms with Gasteiger partial charge in [-0.05, 0) is 52.4 Å². The number of allylic oxidation sites excluding steroid dienone is 1. The fourth-order valence-corrected chi connectivity index (χ4v) is 3.54. The van der Waals surface area contributed by atoms with E-state index in [1.807, 2.05) is 0 Å². The van der Waals surface area contributed by atoms with Gasteiger partial charge in [-0.2, -0.15) is 0 Å². The first-order valence-electron chi connectivity index (χ1n) is 11.5. The Morgan fingerprint density at radius 2 is 1.31 bits per heavy atom. The van der Waals surface area contributed by atoms with Gasteiger partial charge < -0.3 is 0 Å². The molecule has 0 aromatic heterocycles. The Morgan fingerprint density at radius 1 is 0.731 bits per heavy atom. The minimum Gasteiger partial charge on any atom is -0.300 e. The second-order valence-corrected chi connectivity index (χ2v) is 7.44. The zero-order chi connectivity index (χ0) is 19.5. The average Bonchev–Trinajstić information content (AvgIpc) is 2.65. The lowest BCUT2D eigenvalue weighted by atomic mass is 10.1. The molecule has 0 aliphatic carbocycles. The van der Waals surface area contributed by atoms with Gasteiger partial charge >= 0.3 is 0 Å². The highest BCUT2D eigenvalue weighted by molar-refractivity contribution is 4.98. The first-order valence-corrected chi connectivity index (χ1v) is 11.5. The minimum atomic E-state index is 0.550. The summed E-state index contributed by atoms with van der Waals surface area (Å²) in [4.78, 5) is 5.21. The number of hydrogen-bond acceptors (Lipinski definition) is 2. The van der Waals surface area contributed by atoms with Crippen LogP contribution in [0.25, 0.3) is 0 Å². The number of rotatable bonds is 18. The molecule has 0 rings (SSSR count). The highest BCUT2D eigenvalue weighted by Crippen LogP contribution is 2.09. The molecule has 0 aliphatic heterocycles. The van der Waals surface area contributed by atoms with Gasteiger partial charge in [-0.25, -0.2) is 0 Å². The second-order valence-electron chi connectivity index (χ2n) is 7.44. The number of likely N-dealkylation sites (N-methyl/N-ethyl adjacent to an activating group) is 1. The highest BCUT2D eigenvalue weighted by Gasteiger charge is 2.10. The van der Waals surface area contributed by atoms with Crippen molar-refractivity contribution in [1.82, 2.24) is 9.80 Å². The van der Waals surface area contributed by atoms with Crippen LogP contribution in [-0.2, 0) is 0 Å². The molecular formula is C24H48N2. The van der Waals surface area contributed by atoms with Gasteiger partial charge in [-0.3, -0.25) is 9.80 Å². The van der Waals surface area contributed by atoms with Crippen molar-refractivity contribution >= 4 is 0 Å². The molecule has 0 spiro atoms. The van der Waals surface area contributed by atoms with Gasteiger partial charge in [0.05, 0.1) is 0 Å². The maximum absolute atomic E-state index is 2.67. The smallest absolute Gasteiger partial charge is 0.0312 e. The van der Waals surface area contributed by atoms with Crippen molar-refractivity contribution in [3.05, 3.63) is 24.3 Å². The summed E-state index contributed by atoms with van der Waals surface area (Å²) in [5.41, 5.74) is 0. The van der Waals surface area contributed by atoms with E-state index in [-0.39, 0.29) is 0 Å². The van der Waals surface area contributed by atoms with Gasteiger partial charge in [0, 0.05) is 12.6 Å². The van der Waals surface area contributed by atoms with Crippen LogP contribution in [0.3, 0.4) is 0 Å². The topological polar surface area (TPSA) is 6.48 Å². The van der Waals surface area contributed by atoms with Gasteiger partial charge in [0.15, 0.2) is 0 Å². The normalized spacial score (nSPS) is 13.7. The van der Waals surface area contributed by atoms with E-state index in [2.05, 4.69) is 68.7 Å². The molecule has 0 heterocycles. The van der Waals surface area contributed by atoms with E-state index in [1.54, 1.807) is 0 Å². The summed E-state index contributed by atoms with van der Waals surface area (Å²) in [5, 5.41) is 0. The molecule has 0 N–H and O–H groups in total. The molecule has 1 unspecified atom stereocenters. The Kier molecular flexibility index (Phi) is 18.7. The number of unbranched alkanes of at least 4 members (excludes halogenated alkanes) is 6. The largest absolute Gasteiger partial charge is 0.300 e. The number of hydrogen-bond donors (Lipinski definition) is 0. The second kappa shape index (κ2) is 19.2. The fraction of sp³-hybridized carbons (Fsp3) is 0.833. The van der Waals surface area contributed by atoms with Crippen molar-refractivity contribution in [2.45, 2.75) is 98.4 Å². The molecule has 26 heavy (non-hydrogen) atoms. The summed E-state index contributed by atoms with van der Waals surface area (Å²) >= 11 is 0. The van der Waals surface area contributed by atoms with E-state index in [0.717, 1.165) is 26.1 Å². The van der Waals surface area contributed by atoms with Crippen LogP contribution in [-0.4, -0.2) is 48.6 Å². The lowest BCUT2D eigenvalue weighted by molar-refractivity contribution is 0.254. The quantitative estimate of drug-likeness (QED) is 0.198. The Bertz CT molecular complexity index is 319. The van der Waals surface area contributed by atoms with Gasteiger partial charge in [0.25, 0.3) is 0 Å². The van der Waals surface area contributed by atoms with Gasteiger partial charge in [-0.1, -0.05) is 90.5 Å². The minimum absolute atomic E-state index is 0.550. The zero-order valence-corrected chi connectivity index (χ0v) is 18.7. The molecule has 0 amide bonds. The summed E-state index contributed by atoms with van der Waals surface area (Å²) in [6.45, 7) is 17.2. The lowest BCUT2D eigenvalue weighted by Gasteiger charge is -2.26. The van der Waals surface area contributed by atoms with Crippen molar-refractivity contribution in [3.8, 4) is 0 Å². The molecule has 1 atom stereocenters. The van der Waals surface area contributed by atoms with Gasteiger partial charge in [-0.15, -0.1) is 0 Å². The van der Waals surface area contributed by atoms with Gasteiger partial charge in [0.1, 0.15) is 0 Å². The monoisotopic (exact) mass is 364 g/mol. The molecule has 0 saturated carbocycles. The number of nitrogens with zero attached hydrogens (tertiary/aromatic N) is 2. The maximum atomic E-state index is 2.67. The Morgan fingerprint density at radius 3 is 1.77 bits per heavy atom. The standard InChI is InChI=1S/C24H48N2/c1-6-11-13-16-21-25(22-17-14-12-7-2)23-18-15-20-24(19-8-3)26(9-4)10-5/h8,15,18-19,24H,6-7,9-14,16-17,20-23H2,1-5H3. The first kappa shape index (κ1) is 25.4. The van der Waals surface area contributed by atoms with Crippen LogP contribution in [0.4, 0.5) is 0 Å². The van der Waals surface area contributed by atoms with Crippen molar-refractivity contribution in [1.29, 1.82) is 0 Å². The third kappa shape index (κ3) is 13.6. The predicted molar refractivity (Wildman–Crippen MR) is 120 cm³/mol. The van der Waals surface area contributed by atoms with Gasteiger partial charge in [0.2, 0.25) is 0 Å². The third-order valence-corrected chi connectivity index (χ3v) is 5.26. The zero-order valence-electron chi connectivity index (χ0n) is 18.7. The van der Waals surface area contributed by atoms with Crippen molar-refractivity contribution in [2.75, 3.05) is 32.7 Å². The molecule has 0 aromatic rings. The molecule has 2 heteroatoms. The maximum Gasteiger partial charge on any atom is 0.0312 e. The molecule has 0 fully saturated rings. The SMILES string of the molecule is CC=CC(CC=CCN(CCCCCC)CCCCCC)N(CC)CC. The molecular weight excluding hydrogens is 316 g/mol. The van der Waals surface area contributed by atoms with Crippen molar-refractivity contribution < 1.29 is 0 Å². The highest BCUT2D eigenvalue weighted by atomic mass is 15.1.